The molecule has 3 aromatic rings. The molecule has 0 saturated heterocycles. The second-order valence-corrected chi connectivity index (χ2v) is 5.09. The third-order valence-electron chi connectivity index (χ3n) is 2.88. The van der Waals surface area contributed by atoms with Crippen molar-refractivity contribution in [3.8, 4) is 16.9 Å². The summed E-state index contributed by atoms with van der Waals surface area (Å²) in [7, 11) is 0. The van der Waals surface area contributed by atoms with E-state index in [2.05, 4.69) is 31.0 Å². The van der Waals surface area contributed by atoms with Gasteiger partial charge in [-0.1, -0.05) is 30.3 Å². The summed E-state index contributed by atoms with van der Waals surface area (Å²) in [4.78, 5) is 7.61. The first-order valence-electron chi connectivity index (χ1n) is 6.17. The monoisotopic (exact) mass is 368 g/mol. The van der Waals surface area contributed by atoms with Gasteiger partial charge in [-0.15, -0.1) is 5.10 Å². The maximum Gasteiger partial charge on any atom is 0.453 e. The number of benzene rings is 1. The molecule has 0 atom stereocenters. The number of aromatic nitrogens is 4. The third kappa shape index (κ3) is 2.87. The molecule has 0 saturated carbocycles. The number of hydrogen-bond donors (Lipinski definition) is 0. The van der Waals surface area contributed by atoms with E-state index in [-0.39, 0.29) is 4.73 Å². The number of rotatable bonds is 2. The predicted molar refractivity (Wildman–Crippen MR) is 77.3 cm³/mol. The molecule has 112 valence electrons. The summed E-state index contributed by atoms with van der Waals surface area (Å²) in [5.74, 6) is -1.20. The molecule has 0 aliphatic heterocycles. The number of halogens is 4. The Morgan fingerprint density at radius 1 is 1.05 bits per heavy atom. The van der Waals surface area contributed by atoms with Gasteiger partial charge in [0.2, 0.25) is 0 Å². The molecule has 2 aromatic heterocycles. The number of nitrogens with zero attached hydrogens (tertiary/aromatic N) is 4. The Morgan fingerprint density at radius 2 is 1.77 bits per heavy atom. The molecule has 8 heteroatoms. The first kappa shape index (κ1) is 14.7. The lowest BCUT2D eigenvalue weighted by Gasteiger charge is -2.05. The minimum atomic E-state index is -4.59. The van der Waals surface area contributed by atoms with Gasteiger partial charge in [-0.2, -0.15) is 18.2 Å². The zero-order valence-corrected chi connectivity index (χ0v) is 12.5. The van der Waals surface area contributed by atoms with Crippen molar-refractivity contribution in [2.45, 2.75) is 6.18 Å². The molecule has 0 aliphatic rings. The molecule has 1 aromatic carbocycles. The van der Waals surface area contributed by atoms with Crippen LogP contribution in [0.1, 0.15) is 5.82 Å². The van der Waals surface area contributed by atoms with Gasteiger partial charge in [-0.25, -0.2) is 4.68 Å². The summed E-state index contributed by atoms with van der Waals surface area (Å²) < 4.78 is 39.1. The quantitative estimate of drug-likeness (QED) is 0.683. The molecular formula is C14H8BrF3N4. The molecule has 0 aliphatic carbocycles. The Kier molecular flexibility index (Phi) is 3.69. The molecule has 4 nitrogen and oxygen atoms in total. The van der Waals surface area contributed by atoms with Gasteiger partial charge in [-0.05, 0) is 28.1 Å². The van der Waals surface area contributed by atoms with Crippen molar-refractivity contribution < 1.29 is 13.2 Å². The van der Waals surface area contributed by atoms with E-state index in [0.717, 1.165) is 10.2 Å². The smallest absolute Gasteiger partial charge is 0.256 e. The van der Waals surface area contributed by atoms with E-state index >= 15 is 0 Å². The van der Waals surface area contributed by atoms with Crippen LogP contribution >= 0.6 is 15.9 Å². The van der Waals surface area contributed by atoms with Crippen molar-refractivity contribution in [2.75, 3.05) is 0 Å². The summed E-state index contributed by atoms with van der Waals surface area (Å²) in [5.41, 5.74) is 1.93. The van der Waals surface area contributed by atoms with Crippen molar-refractivity contribution in [3.63, 3.8) is 0 Å². The van der Waals surface area contributed by atoms with Crippen molar-refractivity contribution in [1.82, 2.24) is 19.7 Å². The molecule has 0 fully saturated rings. The molecule has 0 N–H and O–H groups in total. The average Bonchev–Trinajstić information content (AvgIpc) is 2.90. The standard InChI is InChI=1S/C14H8BrF3N4/c15-13-20-12(14(16,17)18)21-22(13)10-6-7-19-11(8-10)9-4-2-1-3-5-9/h1-8H. The zero-order valence-electron chi connectivity index (χ0n) is 10.9. The van der Waals surface area contributed by atoms with Crippen LogP contribution in [0.25, 0.3) is 16.9 Å². The number of pyridine rings is 1. The SMILES string of the molecule is FC(F)(F)c1nc(Br)n(-c2ccnc(-c3ccccc3)c2)n1. The molecule has 3 rings (SSSR count). The Hall–Kier alpha value is -2.22. The lowest BCUT2D eigenvalue weighted by molar-refractivity contribution is -0.144. The highest BCUT2D eigenvalue weighted by atomic mass is 79.9. The van der Waals surface area contributed by atoms with Crippen LogP contribution in [0.2, 0.25) is 0 Å². The van der Waals surface area contributed by atoms with Gasteiger partial charge in [-0.3, -0.25) is 4.98 Å². The zero-order chi connectivity index (χ0) is 15.7. The van der Waals surface area contributed by atoms with Gasteiger partial charge in [0.25, 0.3) is 5.82 Å². The normalized spacial score (nSPS) is 11.6. The van der Waals surface area contributed by atoms with Crippen LogP contribution in [0, 0.1) is 0 Å². The Labute approximate surface area is 131 Å². The average molecular weight is 369 g/mol. The van der Waals surface area contributed by atoms with E-state index < -0.39 is 12.0 Å². The van der Waals surface area contributed by atoms with Crippen molar-refractivity contribution >= 4 is 15.9 Å². The summed E-state index contributed by atoms with van der Waals surface area (Å²) in [6.07, 6.45) is -3.08. The second kappa shape index (κ2) is 5.53. The first-order valence-corrected chi connectivity index (χ1v) is 6.96. The van der Waals surface area contributed by atoms with Gasteiger partial charge >= 0.3 is 6.18 Å². The van der Waals surface area contributed by atoms with Crippen molar-refractivity contribution in [3.05, 3.63) is 59.2 Å². The molecule has 2 heterocycles. The lowest BCUT2D eigenvalue weighted by Crippen LogP contribution is -2.08. The minimum absolute atomic E-state index is 0.0231. The second-order valence-electron chi connectivity index (χ2n) is 4.38. The molecule has 0 spiro atoms. The lowest BCUT2D eigenvalue weighted by atomic mass is 10.1. The van der Waals surface area contributed by atoms with Crippen LogP contribution in [0.5, 0.6) is 0 Å². The van der Waals surface area contributed by atoms with Crippen LogP contribution in [-0.2, 0) is 6.18 Å². The summed E-state index contributed by atoms with van der Waals surface area (Å²) >= 11 is 3.00. The molecule has 0 radical (unpaired) electrons. The maximum atomic E-state index is 12.7. The molecule has 0 bridgehead atoms. The Balaban J connectivity index is 2.05. The van der Waals surface area contributed by atoms with Crippen LogP contribution in [0.15, 0.2) is 53.4 Å². The molecular weight excluding hydrogens is 361 g/mol. The highest BCUT2D eigenvalue weighted by Gasteiger charge is 2.37. The topological polar surface area (TPSA) is 43.6 Å². The summed E-state index contributed by atoms with van der Waals surface area (Å²) in [5, 5.41) is 3.49. The molecule has 22 heavy (non-hydrogen) atoms. The highest BCUT2D eigenvalue weighted by Crippen LogP contribution is 2.29. The number of alkyl halides is 3. The van der Waals surface area contributed by atoms with E-state index in [1.54, 1.807) is 12.1 Å². The highest BCUT2D eigenvalue weighted by molar-refractivity contribution is 9.10. The van der Waals surface area contributed by atoms with E-state index in [4.69, 9.17) is 0 Å². The molecule has 0 amide bonds. The van der Waals surface area contributed by atoms with Gasteiger partial charge in [0.15, 0.2) is 4.73 Å². The van der Waals surface area contributed by atoms with Crippen LogP contribution in [-0.4, -0.2) is 19.7 Å². The summed E-state index contributed by atoms with van der Waals surface area (Å²) in [6.45, 7) is 0. The first-order chi connectivity index (χ1) is 10.4. The summed E-state index contributed by atoms with van der Waals surface area (Å²) in [6, 6.07) is 12.5. The van der Waals surface area contributed by atoms with E-state index in [0.29, 0.717) is 11.4 Å². The largest absolute Gasteiger partial charge is 0.453 e. The van der Waals surface area contributed by atoms with Crippen LogP contribution in [0.4, 0.5) is 13.2 Å². The molecule has 0 unspecified atom stereocenters. The minimum Gasteiger partial charge on any atom is -0.256 e. The third-order valence-corrected chi connectivity index (χ3v) is 3.39. The Morgan fingerprint density at radius 3 is 2.41 bits per heavy atom. The maximum absolute atomic E-state index is 12.7. The van der Waals surface area contributed by atoms with E-state index in [9.17, 15) is 13.2 Å². The fourth-order valence-corrected chi connectivity index (χ4v) is 2.35. The van der Waals surface area contributed by atoms with E-state index in [1.165, 1.54) is 6.20 Å². The van der Waals surface area contributed by atoms with Crippen molar-refractivity contribution in [1.29, 1.82) is 0 Å². The number of hydrogen-bond acceptors (Lipinski definition) is 3. The van der Waals surface area contributed by atoms with Gasteiger partial charge in [0.1, 0.15) is 0 Å². The van der Waals surface area contributed by atoms with Crippen molar-refractivity contribution in [2.24, 2.45) is 0 Å². The van der Waals surface area contributed by atoms with Gasteiger partial charge in [0.05, 0.1) is 11.4 Å². The van der Waals surface area contributed by atoms with Crippen LogP contribution < -0.4 is 0 Å². The van der Waals surface area contributed by atoms with Gasteiger partial charge in [0, 0.05) is 11.8 Å². The fraction of sp³-hybridized carbons (Fsp3) is 0.0714. The predicted octanol–water partition coefficient (Wildman–Crippen LogP) is 4.11. The van der Waals surface area contributed by atoms with E-state index in [1.807, 2.05) is 30.3 Å². The Bertz CT molecular complexity index is 799. The fourth-order valence-electron chi connectivity index (χ4n) is 1.90. The van der Waals surface area contributed by atoms with Crippen LogP contribution in [0.3, 0.4) is 0 Å². The van der Waals surface area contributed by atoms with Gasteiger partial charge < -0.3 is 0 Å².